The quantitative estimate of drug-likeness (QED) is 0.680. The summed E-state index contributed by atoms with van der Waals surface area (Å²) in [6.45, 7) is 4.08. The van der Waals surface area contributed by atoms with Crippen molar-refractivity contribution in [3.05, 3.63) is 29.8 Å². The molecule has 3 N–H and O–H groups in total. The van der Waals surface area contributed by atoms with Gasteiger partial charge in [0.1, 0.15) is 0 Å². The lowest BCUT2D eigenvalue weighted by Crippen LogP contribution is -1.95. The van der Waals surface area contributed by atoms with Gasteiger partial charge in [0, 0.05) is 24.0 Å². The third-order valence-corrected chi connectivity index (χ3v) is 2.20. The molecule has 70 valence electrons. The van der Waals surface area contributed by atoms with E-state index < -0.39 is 0 Å². The highest BCUT2D eigenvalue weighted by molar-refractivity contribution is 5.76. The van der Waals surface area contributed by atoms with Crippen LogP contribution in [0.5, 0.6) is 0 Å². The number of rotatable bonds is 2. The van der Waals surface area contributed by atoms with Crippen LogP contribution >= 0.6 is 0 Å². The first kappa shape index (κ1) is 9.65. The smallest absolute Gasteiger partial charge is 0.0391 e. The lowest BCUT2D eigenvalue weighted by atomic mass is 10.0. The molecule has 0 atom stereocenters. The fourth-order valence-corrected chi connectivity index (χ4v) is 1.21. The predicted molar refractivity (Wildman–Crippen MR) is 59.7 cm³/mol. The van der Waals surface area contributed by atoms with Gasteiger partial charge in [0.05, 0.1) is 0 Å². The van der Waals surface area contributed by atoms with Gasteiger partial charge in [-0.2, -0.15) is 0 Å². The van der Waals surface area contributed by atoms with Gasteiger partial charge in [-0.3, -0.25) is 0 Å². The van der Waals surface area contributed by atoms with Gasteiger partial charge in [-0.15, -0.1) is 0 Å². The van der Waals surface area contributed by atoms with E-state index in [4.69, 9.17) is 5.73 Å². The zero-order chi connectivity index (χ0) is 9.84. The van der Waals surface area contributed by atoms with Crippen molar-refractivity contribution in [1.29, 1.82) is 0 Å². The van der Waals surface area contributed by atoms with Crippen molar-refractivity contribution in [1.82, 2.24) is 0 Å². The number of nitrogens with one attached hydrogen (secondary N) is 1. The minimum atomic E-state index is 0.828. The van der Waals surface area contributed by atoms with Crippen LogP contribution in [-0.4, -0.2) is 7.05 Å². The van der Waals surface area contributed by atoms with Crippen LogP contribution < -0.4 is 11.1 Å². The summed E-state index contributed by atoms with van der Waals surface area (Å²) in [7, 11) is 1.90. The molecule has 0 aliphatic heterocycles. The van der Waals surface area contributed by atoms with Crippen molar-refractivity contribution in [2.24, 2.45) is 0 Å². The number of nitrogen functional groups attached to an aromatic ring is 1. The van der Waals surface area contributed by atoms with Crippen molar-refractivity contribution in [2.45, 2.75) is 13.8 Å². The van der Waals surface area contributed by atoms with Gasteiger partial charge < -0.3 is 11.1 Å². The largest absolute Gasteiger partial charge is 0.398 e. The summed E-state index contributed by atoms with van der Waals surface area (Å²) in [5.41, 5.74) is 10.1. The molecule has 0 amide bonds. The molecule has 0 radical (unpaired) electrons. The molecule has 0 saturated carbocycles. The maximum atomic E-state index is 5.85. The third kappa shape index (κ3) is 2.02. The van der Waals surface area contributed by atoms with Gasteiger partial charge in [-0.1, -0.05) is 6.08 Å². The SMILES string of the molecule is CC=C(C)c1cc(NC)ccc1N. The van der Waals surface area contributed by atoms with E-state index in [2.05, 4.69) is 24.4 Å². The van der Waals surface area contributed by atoms with Crippen molar-refractivity contribution >= 4 is 16.9 Å². The molecule has 0 bridgehead atoms. The first-order chi connectivity index (χ1) is 6.19. The van der Waals surface area contributed by atoms with E-state index in [0.29, 0.717) is 0 Å². The average molecular weight is 176 g/mol. The van der Waals surface area contributed by atoms with Crippen LogP contribution in [0.4, 0.5) is 11.4 Å². The zero-order valence-electron chi connectivity index (χ0n) is 8.39. The highest BCUT2D eigenvalue weighted by Crippen LogP contribution is 2.24. The second-order valence-corrected chi connectivity index (χ2v) is 3.02. The Bertz CT molecular complexity index is 327. The molecule has 1 aromatic rings. The van der Waals surface area contributed by atoms with Crippen molar-refractivity contribution in [3.8, 4) is 0 Å². The van der Waals surface area contributed by atoms with Crippen LogP contribution in [0.3, 0.4) is 0 Å². The topological polar surface area (TPSA) is 38.0 Å². The molecule has 0 aromatic heterocycles. The second-order valence-electron chi connectivity index (χ2n) is 3.02. The normalized spacial score (nSPS) is 11.5. The number of hydrogen-bond donors (Lipinski definition) is 2. The van der Waals surface area contributed by atoms with E-state index in [0.717, 1.165) is 16.9 Å². The average Bonchev–Trinajstić information content (AvgIpc) is 2.17. The first-order valence-electron chi connectivity index (χ1n) is 4.39. The maximum absolute atomic E-state index is 5.85. The molecule has 1 rings (SSSR count). The summed E-state index contributed by atoms with van der Waals surface area (Å²) in [4.78, 5) is 0. The molecular weight excluding hydrogens is 160 g/mol. The van der Waals surface area contributed by atoms with Gasteiger partial charge in [-0.25, -0.2) is 0 Å². The number of hydrogen-bond acceptors (Lipinski definition) is 2. The van der Waals surface area contributed by atoms with Gasteiger partial charge in [0.15, 0.2) is 0 Å². The Morgan fingerprint density at radius 1 is 1.46 bits per heavy atom. The lowest BCUT2D eigenvalue weighted by molar-refractivity contribution is 1.47. The van der Waals surface area contributed by atoms with Gasteiger partial charge in [0.2, 0.25) is 0 Å². The van der Waals surface area contributed by atoms with Crippen LogP contribution in [0.25, 0.3) is 5.57 Å². The van der Waals surface area contributed by atoms with Crippen molar-refractivity contribution in [3.63, 3.8) is 0 Å². The lowest BCUT2D eigenvalue weighted by Gasteiger charge is -2.08. The molecule has 0 saturated heterocycles. The second kappa shape index (κ2) is 3.99. The molecule has 0 aliphatic rings. The molecule has 2 nitrogen and oxygen atoms in total. The molecule has 0 aliphatic carbocycles. The molecule has 1 aromatic carbocycles. The Hall–Kier alpha value is -1.44. The number of benzene rings is 1. The summed E-state index contributed by atoms with van der Waals surface area (Å²) >= 11 is 0. The third-order valence-electron chi connectivity index (χ3n) is 2.20. The Labute approximate surface area is 79.5 Å². The van der Waals surface area contributed by atoms with Crippen LogP contribution in [0, 0.1) is 0 Å². The van der Waals surface area contributed by atoms with E-state index >= 15 is 0 Å². The van der Waals surface area contributed by atoms with Gasteiger partial charge in [-0.05, 0) is 37.6 Å². The minimum absolute atomic E-state index is 0.828. The number of allylic oxidation sites excluding steroid dienone is 2. The van der Waals surface area contributed by atoms with E-state index in [1.54, 1.807) is 0 Å². The Kier molecular flexibility index (Phi) is 2.96. The van der Waals surface area contributed by atoms with E-state index in [9.17, 15) is 0 Å². The van der Waals surface area contributed by atoms with Crippen LogP contribution in [0.1, 0.15) is 19.4 Å². The molecular formula is C11H16N2. The molecule has 0 unspecified atom stereocenters. The van der Waals surface area contributed by atoms with Gasteiger partial charge in [0.25, 0.3) is 0 Å². The summed E-state index contributed by atoms with van der Waals surface area (Å²) in [6.07, 6.45) is 2.06. The maximum Gasteiger partial charge on any atom is 0.0391 e. The van der Waals surface area contributed by atoms with E-state index in [1.807, 2.05) is 26.1 Å². The highest BCUT2D eigenvalue weighted by Gasteiger charge is 2.00. The summed E-state index contributed by atoms with van der Waals surface area (Å²) < 4.78 is 0. The molecule has 13 heavy (non-hydrogen) atoms. The van der Waals surface area contributed by atoms with Crippen LogP contribution in [-0.2, 0) is 0 Å². The highest BCUT2D eigenvalue weighted by atomic mass is 14.8. The fraction of sp³-hybridized carbons (Fsp3) is 0.273. The van der Waals surface area contributed by atoms with E-state index in [1.165, 1.54) is 5.57 Å². The van der Waals surface area contributed by atoms with Crippen LogP contribution in [0.15, 0.2) is 24.3 Å². The minimum Gasteiger partial charge on any atom is -0.398 e. The molecule has 0 fully saturated rings. The first-order valence-corrected chi connectivity index (χ1v) is 4.39. The summed E-state index contributed by atoms with van der Waals surface area (Å²) in [5, 5.41) is 3.09. The fourth-order valence-electron chi connectivity index (χ4n) is 1.21. The summed E-state index contributed by atoms with van der Waals surface area (Å²) in [6, 6.07) is 5.96. The van der Waals surface area contributed by atoms with Crippen molar-refractivity contribution in [2.75, 3.05) is 18.1 Å². The van der Waals surface area contributed by atoms with Crippen LogP contribution in [0.2, 0.25) is 0 Å². The van der Waals surface area contributed by atoms with Gasteiger partial charge >= 0.3 is 0 Å². The number of nitrogens with two attached hydrogens (primary N) is 1. The van der Waals surface area contributed by atoms with E-state index in [-0.39, 0.29) is 0 Å². The standard InChI is InChI=1S/C11H16N2/c1-4-8(2)10-7-9(13-3)5-6-11(10)12/h4-7,13H,12H2,1-3H3. The number of anilines is 2. The Morgan fingerprint density at radius 3 is 2.69 bits per heavy atom. The predicted octanol–water partition coefficient (Wildman–Crippen LogP) is 2.73. The molecule has 0 spiro atoms. The monoisotopic (exact) mass is 176 g/mol. The molecule has 2 heteroatoms. The Morgan fingerprint density at radius 2 is 2.15 bits per heavy atom. The summed E-state index contributed by atoms with van der Waals surface area (Å²) in [5.74, 6) is 0. The zero-order valence-corrected chi connectivity index (χ0v) is 8.39. The van der Waals surface area contributed by atoms with Crippen molar-refractivity contribution < 1.29 is 0 Å². The Balaban J connectivity index is 3.19. The molecule has 0 heterocycles.